The number of hydrogen-bond donors (Lipinski definition) is 0. The maximum Gasteiger partial charge on any atom is 0.147 e. The van der Waals surface area contributed by atoms with E-state index < -0.39 is 0 Å². The van der Waals surface area contributed by atoms with Crippen LogP contribution >= 0.6 is 31.9 Å². The fraction of sp³-hybridized carbons (Fsp3) is 0.235. The Labute approximate surface area is 147 Å². The summed E-state index contributed by atoms with van der Waals surface area (Å²) in [5.41, 5.74) is 1.86. The van der Waals surface area contributed by atoms with Crippen LogP contribution in [0, 0.1) is 0 Å². The second-order valence-corrected chi connectivity index (χ2v) is 6.14. The maximum atomic E-state index is 5.57. The molecule has 0 aliphatic carbocycles. The van der Waals surface area contributed by atoms with Crippen LogP contribution in [0.25, 0.3) is 0 Å². The van der Waals surface area contributed by atoms with Gasteiger partial charge < -0.3 is 9.47 Å². The fourth-order valence-corrected chi connectivity index (χ4v) is 3.33. The van der Waals surface area contributed by atoms with E-state index in [9.17, 15) is 0 Å². The zero-order chi connectivity index (χ0) is 15.9. The van der Waals surface area contributed by atoms with Crippen molar-refractivity contribution in [2.24, 2.45) is 4.99 Å². The van der Waals surface area contributed by atoms with E-state index in [1.165, 1.54) is 0 Å². The molecule has 2 rings (SSSR count). The van der Waals surface area contributed by atoms with Crippen molar-refractivity contribution in [3.05, 3.63) is 50.9 Å². The molecule has 0 unspecified atom stereocenters. The molecule has 0 amide bonds. The Kier molecular flexibility index (Phi) is 6.46. The van der Waals surface area contributed by atoms with Gasteiger partial charge in [-0.25, -0.2) is 0 Å². The lowest BCUT2D eigenvalue weighted by Crippen LogP contribution is -1.95. The van der Waals surface area contributed by atoms with Crippen molar-refractivity contribution in [3.8, 4) is 11.5 Å². The molecule has 3 nitrogen and oxygen atoms in total. The van der Waals surface area contributed by atoms with Gasteiger partial charge >= 0.3 is 0 Å². The second-order valence-electron chi connectivity index (χ2n) is 4.43. The largest absolute Gasteiger partial charge is 0.494 e. The first-order valence-electron chi connectivity index (χ1n) is 7.02. The average Bonchev–Trinajstić information content (AvgIpc) is 2.50. The average molecular weight is 427 g/mol. The fourth-order valence-electron chi connectivity index (χ4n) is 1.88. The summed E-state index contributed by atoms with van der Waals surface area (Å²) in [5, 5.41) is 0. The van der Waals surface area contributed by atoms with Crippen LogP contribution in [0.15, 0.2) is 50.3 Å². The quantitative estimate of drug-likeness (QED) is 0.549. The minimum atomic E-state index is 0.622. The normalized spacial score (nSPS) is 10.9. The Bertz CT molecular complexity index is 631. The highest BCUT2D eigenvalue weighted by molar-refractivity contribution is 9.11. The van der Waals surface area contributed by atoms with Gasteiger partial charge in [-0.1, -0.05) is 0 Å². The molecule has 0 radical (unpaired) electrons. The van der Waals surface area contributed by atoms with Crippen molar-refractivity contribution in [1.82, 2.24) is 0 Å². The van der Waals surface area contributed by atoms with Crippen LogP contribution in [0.1, 0.15) is 19.4 Å². The van der Waals surface area contributed by atoms with Gasteiger partial charge in [0.2, 0.25) is 0 Å². The molecule has 0 atom stereocenters. The third-order valence-corrected chi connectivity index (χ3v) is 4.00. The molecule has 0 N–H and O–H groups in total. The van der Waals surface area contributed by atoms with Gasteiger partial charge in [0, 0.05) is 6.21 Å². The summed E-state index contributed by atoms with van der Waals surface area (Å²) in [4.78, 5) is 4.47. The summed E-state index contributed by atoms with van der Waals surface area (Å²) in [6.07, 6.45) is 1.82. The van der Waals surface area contributed by atoms with Crippen molar-refractivity contribution in [2.45, 2.75) is 13.8 Å². The van der Waals surface area contributed by atoms with Crippen molar-refractivity contribution >= 4 is 43.8 Å². The Morgan fingerprint density at radius 3 is 2.09 bits per heavy atom. The van der Waals surface area contributed by atoms with E-state index in [0.29, 0.717) is 13.2 Å². The Balaban J connectivity index is 2.16. The standard InChI is InChI=1S/C17H17Br2NO2/c1-3-21-14-7-5-13(6-8-14)20-11-12-9-15(18)17(22-4-2)16(19)10-12/h5-11H,3-4H2,1-2H3. The van der Waals surface area contributed by atoms with Gasteiger partial charge in [-0.15, -0.1) is 0 Å². The molecule has 2 aromatic carbocycles. The number of nitrogens with zero attached hydrogens (tertiary/aromatic N) is 1. The first-order valence-corrected chi connectivity index (χ1v) is 8.61. The molecule has 0 aliphatic heterocycles. The van der Waals surface area contributed by atoms with E-state index in [-0.39, 0.29) is 0 Å². The lowest BCUT2D eigenvalue weighted by molar-refractivity contribution is 0.336. The Morgan fingerprint density at radius 2 is 1.55 bits per heavy atom. The Morgan fingerprint density at radius 1 is 0.955 bits per heavy atom. The molecule has 22 heavy (non-hydrogen) atoms. The summed E-state index contributed by atoms with van der Waals surface area (Å²) in [7, 11) is 0. The molecule has 0 heterocycles. The predicted molar refractivity (Wildman–Crippen MR) is 97.9 cm³/mol. The van der Waals surface area contributed by atoms with E-state index in [0.717, 1.165) is 31.7 Å². The van der Waals surface area contributed by atoms with E-state index in [1.807, 2.05) is 56.5 Å². The van der Waals surface area contributed by atoms with Crippen LogP contribution in [0.4, 0.5) is 5.69 Å². The highest BCUT2D eigenvalue weighted by Crippen LogP contribution is 2.34. The molecule has 0 aromatic heterocycles. The van der Waals surface area contributed by atoms with E-state index >= 15 is 0 Å². The van der Waals surface area contributed by atoms with Crippen LogP contribution in [0.2, 0.25) is 0 Å². The summed E-state index contributed by atoms with van der Waals surface area (Å²) in [6, 6.07) is 11.7. The van der Waals surface area contributed by atoms with Crippen molar-refractivity contribution < 1.29 is 9.47 Å². The van der Waals surface area contributed by atoms with Crippen LogP contribution in [0.3, 0.4) is 0 Å². The molecule has 0 bridgehead atoms. The van der Waals surface area contributed by atoms with Crippen LogP contribution in [-0.4, -0.2) is 19.4 Å². The zero-order valence-corrected chi connectivity index (χ0v) is 15.6. The van der Waals surface area contributed by atoms with Gasteiger partial charge in [0.1, 0.15) is 11.5 Å². The number of benzene rings is 2. The predicted octanol–water partition coefficient (Wildman–Crippen LogP) is 5.76. The summed E-state index contributed by atoms with van der Waals surface area (Å²) in [6.45, 7) is 5.21. The van der Waals surface area contributed by atoms with Crippen LogP contribution in [-0.2, 0) is 0 Å². The van der Waals surface area contributed by atoms with Crippen molar-refractivity contribution in [2.75, 3.05) is 13.2 Å². The van der Waals surface area contributed by atoms with Gasteiger partial charge in [0.15, 0.2) is 0 Å². The van der Waals surface area contributed by atoms with Gasteiger partial charge in [0.25, 0.3) is 0 Å². The summed E-state index contributed by atoms with van der Waals surface area (Å²) >= 11 is 7.04. The van der Waals surface area contributed by atoms with E-state index in [4.69, 9.17) is 9.47 Å². The van der Waals surface area contributed by atoms with Gasteiger partial charge in [-0.2, -0.15) is 0 Å². The van der Waals surface area contributed by atoms with Crippen LogP contribution in [0.5, 0.6) is 11.5 Å². The maximum absolute atomic E-state index is 5.57. The van der Waals surface area contributed by atoms with E-state index in [2.05, 4.69) is 36.9 Å². The number of aliphatic imine (C=N–C) groups is 1. The summed E-state index contributed by atoms with van der Waals surface area (Å²) in [5.74, 6) is 1.66. The molecule has 0 spiro atoms. The number of halogens is 2. The molecule has 0 saturated carbocycles. The molecule has 0 fully saturated rings. The third-order valence-electron chi connectivity index (χ3n) is 2.82. The lowest BCUT2D eigenvalue weighted by Gasteiger charge is -2.09. The van der Waals surface area contributed by atoms with Crippen LogP contribution < -0.4 is 9.47 Å². The molecular weight excluding hydrogens is 410 g/mol. The van der Waals surface area contributed by atoms with Gasteiger partial charge in [-0.3, -0.25) is 4.99 Å². The monoisotopic (exact) mass is 425 g/mol. The first kappa shape index (κ1) is 17.0. The molecule has 2 aromatic rings. The van der Waals surface area contributed by atoms with Crippen molar-refractivity contribution in [3.63, 3.8) is 0 Å². The van der Waals surface area contributed by atoms with Gasteiger partial charge in [0.05, 0.1) is 27.8 Å². The molecular formula is C17H17Br2NO2. The smallest absolute Gasteiger partial charge is 0.147 e. The molecule has 5 heteroatoms. The molecule has 116 valence electrons. The SMILES string of the molecule is CCOc1ccc(N=Cc2cc(Br)c(OCC)c(Br)c2)cc1. The van der Waals surface area contributed by atoms with Crippen molar-refractivity contribution in [1.29, 1.82) is 0 Å². The number of ether oxygens (including phenoxy) is 2. The second kappa shape index (κ2) is 8.34. The third kappa shape index (κ3) is 4.58. The van der Waals surface area contributed by atoms with Gasteiger partial charge in [-0.05, 0) is 87.7 Å². The number of rotatable bonds is 6. The summed E-state index contributed by atoms with van der Waals surface area (Å²) < 4.78 is 12.8. The minimum absolute atomic E-state index is 0.622. The number of hydrogen-bond acceptors (Lipinski definition) is 3. The Hall–Kier alpha value is -1.33. The zero-order valence-electron chi connectivity index (χ0n) is 12.5. The topological polar surface area (TPSA) is 30.8 Å². The lowest BCUT2D eigenvalue weighted by atomic mass is 10.2. The first-order chi connectivity index (χ1) is 10.6. The molecule has 0 aliphatic rings. The van der Waals surface area contributed by atoms with E-state index in [1.54, 1.807) is 0 Å². The minimum Gasteiger partial charge on any atom is -0.494 e. The highest BCUT2D eigenvalue weighted by atomic mass is 79.9. The highest BCUT2D eigenvalue weighted by Gasteiger charge is 2.07. The molecule has 0 saturated heterocycles.